The molecule has 0 aromatic carbocycles. The van der Waals surface area contributed by atoms with Crippen molar-refractivity contribution in [3.8, 4) is 5.88 Å². The second-order valence-corrected chi connectivity index (χ2v) is 7.59. The summed E-state index contributed by atoms with van der Waals surface area (Å²) in [5.74, 6) is 0.408. The van der Waals surface area contributed by atoms with Gasteiger partial charge in [0, 0.05) is 29.4 Å². The van der Waals surface area contributed by atoms with Gasteiger partial charge in [-0.3, -0.25) is 9.88 Å². The van der Waals surface area contributed by atoms with E-state index in [1.807, 2.05) is 0 Å². The summed E-state index contributed by atoms with van der Waals surface area (Å²) in [6.07, 6.45) is 2.20. The normalized spacial score (nSPS) is 13.9. The van der Waals surface area contributed by atoms with E-state index < -0.39 is 16.1 Å². The molecule has 0 saturated heterocycles. The molecule has 0 spiro atoms. The van der Waals surface area contributed by atoms with E-state index in [4.69, 9.17) is 14.6 Å². The lowest BCUT2D eigenvalue weighted by Crippen LogP contribution is -2.35. The van der Waals surface area contributed by atoms with Gasteiger partial charge >= 0.3 is 6.09 Å². The molecule has 0 radical (unpaired) electrons. The molecule has 4 heterocycles. The summed E-state index contributed by atoms with van der Waals surface area (Å²) in [6.45, 7) is 0.166. The fourth-order valence-corrected chi connectivity index (χ4v) is 3.37. The minimum absolute atomic E-state index is 0.0713. The molecule has 10 nitrogen and oxygen atoms in total. The maximum absolute atomic E-state index is 12.4. The van der Waals surface area contributed by atoms with Crippen LogP contribution in [-0.4, -0.2) is 36.6 Å². The summed E-state index contributed by atoms with van der Waals surface area (Å²) >= 11 is 0. The van der Waals surface area contributed by atoms with Gasteiger partial charge in [0.05, 0.1) is 25.0 Å². The summed E-state index contributed by atoms with van der Waals surface area (Å²) in [7, 11) is -2.34. The zero-order valence-corrected chi connectivity index (χ0v) is 15.5. The highest BCUT2D eigenvalue weighted by Gasteiger charge is 2.29. The van der Waals surface area contributed by atoms with E-state index in [-0.39, 0.29) is 18.0 Å². The standard InChI is InChI=1S/C17H15N5O5S/c1-26-14-5-4-13-15-10(6-20-16(13)21-14)9-27-17(23)22(15)8-11-2-3-12(7-19-11)28(18,24)25/h2-7H,8-9H2,1H3,(H2,18,24,25). The van der Waals surface area contributed by atoms with E-state index in [9.17, 15) is 13.2 Å². The third-order valence-corrected chi connectivity index (χ3v) is 5.15. The fraction of sp³-hybridized carbons (Fsp3) is 0.176. The molecule has 3 aromatic rings. The number of rotatable bonds is 4. The molecule has 0 unspecified atom stereocenters. The fourth-order valence-electron chi connectivity index (χ4n) is 2.91. The summed E-state index contributed by atoms with van der Waals surface area (Å²) in [4.78, 5) is 26.4. The molecular weight excluding hydrogens is 386 g/mol. The Morgan fingerprint density at radius 3 is 2.71 bits per heavy atom. The van der Waals surface area contributed by atoms with Gasteiger partial charge in [-0.15, -0.1) is 0 Å². The van der Waals surface area contributed by atoms with E-state index in [0.717, 1.165) is 11.8 Å². The average molecular weight is 401 g/mol. The summed E-state index contributed by atoms with van der Waals surface area (Å²) < 4.78 is 33.1. The molecule has 0 aliphatic carbocycles. The Labute approximate surface area is 160 Å². The summed E-state index contributed by atoms with van der Waals surface area (Å²) in [5, 5.41) is 5.75. The Morgan fingerprint density at radius 1 is 1.21 bits per heavy atom. The minimum atomic E-state index is -3.84. The van der Waals surface area contributed by atoms with Crippen molar-refractivity contribution in [1.29, 1.82) is 0 Å². The maximum atomic E-state index is 12.4. The molecule has 2 N–H and O–H groups in total. The zero-order valence-electron chi connectivity index (χ0n) is 14.7. The second-order valence-electron chi connectivity index (χ2n) is 6.03. The largest absolute Gasteiger partial charge is 0.481 e. The predicted octanol–water partition coefficient (Wildman–Crippen LogP) is 1.34. The first kappa shape index (κ1) is 18.1. The van der Waals surface area contributed by atoms with Gasteiger partial charge in [-0.05, 0) is 18.2 Å². The van der Waals surface area contributed by atoms with Crippen molar-refractivity contribution in [1.82, 2.24) is 15.0 Å². The number of nitrogens with two attached hydrogens (primary N) is 1. The molecule has 0 atom stereocenters. The first-order chi connectivity index (χ1) is 13.4. The van der Waals surface area contributed by atoms with Crippen LogP contribution in [0.2, 0.25) is 0 Å². The van der Waals surface area contributed by atoms with Crippen LogP contribution in [-0.2, 0) is 27.9 Å². The van der Waals surface area contributed by atoms with Gasteiger partial charge in [0.1, 0.15) is 11.5 Å². The quantitative estimate of drug-likeness (QED) is 0.691. The van der Waals surface area contributed by atoms with Crippen LogP contribution in [0.4, 0.5) is 10.5 Å². The lowest BCUT2D eigenvalue weighted by atomic mass is 10.1. The highest BCUT2D eigenvalue weighted by Crippen LogP contribution is 2.34. The monoisotopic (exact) mass is 401 g/mol. The number of carbonyl (C=O) groups is 1. The molecule has 0 saturated carbocycles. The van der Waals surface area contributed by atoms with Gasteiger partial charge in [-0.25, -0.2) is 23.3 Å². The van der Waals surface area contributed by atoms with Crippen LogP contribution < -0.4 is 14.8 Å². The molecule has 1 aliphatic rings. The van der Waals surface area contributed by atoms with Crippen molar-refractivity contribution in [3.05, 3.63) is 47.9 Å². The molecule has 1 aliphatic heterocycles. The molecule has 0 fully saturated rings. The average Bonchev–Trinajstić information content (AvgIpc) is 2.69. The van der Waals surface area contributed by atoms with Crippen molar-refractivity contribution in [2.24, 2.45) is 5.14 Å². The van der Waals surface area contributed by atoms with Gasteiger partial charge in [-0.1, -0.05) is 0 Å². The predicted molar refractivity (Wildman–Crippen MR) is 98.1 cm³/mol. The summed E-state index contributed by atoms with van der Waals surface area (Å²) in [5.41, 5.74) is 2.23. The van der Waals surface area contributed by atoms with Crippen LogP contribution in [0.1, 0.15) is 11.3 Å². The molecule has 4 rings (SSSR count). The van der Waals surface area contributed by atoms with E-state index in [1.54, 1.807) is 18.3 Å². The number of fused-ring (bicyclic) bond motifs is 3. The second kappa shape index (κ2) is 6.69. The van der Waals surface area contributed by atoms with Crippen LogP contribution in [0.25, 0.3) is 11.0 Å². The lowest BCUT2D eigenvalue weighted by Gasteiger charge is -2.29. The number of hydrogen-bond donors (Lipinski definition) is 1. The summed E-state index contributed by atoms with van der Waals surface area (Å²) in [6, 6.07) is 6.29. The Hall–Kier alpha value is -3.31. The number of ether oxygens (including phenoxy) is 2. The van der Waals surface area contributed by atoms with E-state index in [2.05, 4.69) is 15.0 Å². The number of anilines is 1. The molecule has 1 amide bonds. The topological polar surface area (TPSA) is 138 Å². The number of sulfonamides is 1. The van der Waals surface area contributed by atoms with Gasteiger partial charge in [-0.2, -0.15) is 4.98 Å². The van der Waals surface area contributed by atoms with Crippen LogP contribution in [0.3, 0.4) is 0 Å². The molecular formula is C17H15N5O5S. The smallest absolute Gasteiger partial charge is 0.415 e. The van der Waals surface area contributed by atoms with E-state index >= 15 is 0 Å². The lowest BCUT2D eigenvalue weighted by molar-refractivity contribution is 0.141. The maximum Gasteiger partial charge on any atom is 0.415 e. The molecule has 0 bridgehead atoms. The number of primary sulfonamides is 1. The number of amides is 1. The van der Waals surface area contributed by atoms with Crippen LogP contribution in [0.5, 0.6) is 5.88 Å². The highest BCUT2D eigenvalue weighted by molar-refractivity contribution is 7.89. The van der Waals surface area contributed by atoms with Gasteiger partial charge in [0.25, 0.3) is 0 Å². The number of hydrogen-bond acceptors (Lipinski definition) is 8. The molecule has 3 aromatic heterocycles. The van der Waals surface area contributed by atoms with Gasteiger partial charge < -0.3 is 9.47 Å². The number of methoxy groups -OCH3 is 1. The number of carbonyl (C=O) groups excluding carboxylic acids is 1. The zero-order chi connectivity index (χ0) is 19.9. The number of aromatic nitrogens is 3. The Morgan fingerprint density at radius 2 is 2.04 bits per heavy atom. The van der Waals surface area contributed by atoms with Gasteiger partial charge in [0.15, 0.2) is 5.65 Å². The van der Waals surface area contributed by atoms with Crippen molar-refractivity contribution < 1.29 is 22.7 Å². The number of pyridine rings is 3. The minimum Gasteiger partial charge on any atom is -0.481 e. The van der Waals surface area contributed by atoms with E-state index in [1.165, 1.54) is 24.1 Å². The van der Waals surface area contributed by atoms with Crippen LogP contribution in [0, 0.1) is 0 Å². The van der Waals surface area contributed by atoms with Gasteiger partial charge in [0.2, 0.25) is 15.9 Å². The first-order valence-electron chi connectivity index (χ1n) is 8.11. The number of cyclic esters (lactones) is 1. The van der Waals surface area contributed by atoms with Crippen molar-refractivity contribution >= 4 is 32.8 Å². The highest BCUT2D eigenvalue weighted by atomic mass is 32.2. The molecule has 11 heteroatoms. The van der Waals surface area contributed by atoms with Crippen molar-refractivity contribution in [2.45, 2.75) is 18.0 Å². The third-order valence-electron chi connectivity index (χ3n) is 4.25. The molecule has 144 valence electrons. The Balaban J connectivity index is 1.76. The van der Waals surface area contributed by atoms with Crippen LogP contribution in [0.15, 0.2) is 41.6 Å². The Kier molecular flexibility index (Phi) is 4.32. The molecule has 28 heavy (non-hydrogen) atoms. The first-order valence-corrected chi connectivity index (χ1v) is 9.66. The van der Waals surface area contributed by atoms with Crippen molar-refractivity contribution in [2.75, 3.05) is 12.0 Å². The van der Waals surface area contributed by atoms with Crippen molar-refractivity contribution in [3.63, 3.8) is 0 Å². The van der Waals surface area contributed by atoms with Crippen LogP contribution >= 0.6 is 0 Å². The third kappa shape index (κ3) is 3.21. The van der Waals surface area contributed by atoms with E-state index in [0.29, 0.717) is 28.3 Å². The SMILES string of the molecule is COc1ccc2c3c(cnc2n1)COC(=O)N3Cc1ccc(S(N)(=O)=O)cn1. The number of nitrogens with zero attached hydrogens (tertiary/aromatic N) is 4. The Bertz CT molecular complexity index is 1180.